The van der Waals surface area contributed by atoms with Gasteiger partial charge < -0.3 is 0 Å². The van der Waals surface area contributed by atoms with Crippen LogP contribution >= 0.6 is 22.7 Å². The Morgan fingerprint density at radius 2 is 1.88 bits per heavy atom. The van der Waals surface area contributed by atoms with E-state index in [0.29, 0.717) is 16.7 Å². The van der Waals surface area contributed by atoms with Gasteiger partial charge in [-0.05, 0) is 24.8 Å². The van der Waals surface area contributed by atoms with Crippen LogP contribution in [0.25, 0.3) is 10.6 Å². The molecule has 0 unspecified atom stereocenters. The second-order valence-corrected chi connectivity index (χ2v) is 11.6. The van der Waals surface area contributed by atoms with Crippen LogP contribution in [0.5, 0.6) is 0 Å². The summed E-state index contributed by atoms with van der Waals surface area (Å²) in [4.78, 5) is 4.68. The van der Waals surface area contributed by atoms with Gasteiger partial charge in [0.1, 0.15) is 9.22 Å². The highest BCUT2D eigenvalue weighted by Crippen LogP contribution is 2.33. The van der Waals surface area contributed by atoms with Crippen molar-refractivity contribution in [2.75, 3.05) is 6.54 Å². The first-order valence-corrected chi connectivity index (χ1v) is 12.0. The SMILES string of the molecule is CC(C)(C)c1csc(-c2csc(S(=O)(=O)NCC3CCCCC3)c2)n1. The highest BCUT2D eigenvalue weighted by molar-refractivity contribution is 7.91. The first-order chi connectivity index (χ1) is 11.8. The third-order valence-electron chi connectivity index (χ3n) is 4.65. The minimum atomic E-state index is -3.42. The zero-order valence-corrected chi connectivity index (χ0v) is 17.5. The molecule has 1 fully saturated rings. The lowest BCUT2D eigenvalue weighted by atomic mass is 9.90. The summed E-state index contributed by atoms with van der Waals surface area (Å²) in [6.07, 6.45) is 5.98. The fourth-order valence-electron chi connectivity index (χ4n) is 3.01. The molecule has 1 N–H and O–H groups in total. The van der Waals surface area contributed by atoms with Gasteiger partial charge in [-0.1, -0.05) is 40.0 Å². The summed E-state index contributed by atoms with van der Waals surface area (Å²) in [6.45, 7) is 6.94. The summed E-state index contributed by atoms with van der Waals surface area (Å²) < 4.78 is 28.3. The Kier molecular flexibility index (Phi) is 5.68. The summed E-state index contributed by atoms with van der Waals surface area (Å²) in [7, 11) is -3.42. The highest BCUT2D eigenvalue weighted by Gasteiger charge is 2.22. The van der Waals surface area contributed by atoms with Gasteiger partial charge in [0.15, 0.2) is 0 Å². The van der Waals surface area contributed by atoms with Crippen molar-refractivity contribution in [3.63, 3.8) is 0 Å². The molecule has 7 heteroatoms. The molecule has 1 aliphatic rings. The van der Waals surface area contributed by atoms with Crippen LogP contribution < -0.4 is 4.72 Å². The normalized spacial score (nSPS) is 17.1. The van der Waals surface area contributed by atoms with Gasteiger partial charge in [0.05, 0.1) is 5.69 Å². The number of thiazole rings is 1. The van der Waals surface area contributed by atoms with Gasteiger partial charge in [0.2, 0.25) is 10.0 Å². The third-order valence-corrected chi connectivity index (χ3v) is 8.40. The molecule has 0 saturated heterocycles. The largest absolute Gasteiger partial charge is 0.250 e. The van der Waals surface area contributed by atoms with Crippen LogP contribution in [0, 0.1) is 5.92 Å². The zero-order valence-electron chi connectivity index (χ0n) is 15.0. The molecular weight excluding hydrogens is 372 g/mol. The Morgan fingerprint density at radius 3 is 2.52 bits per heavy atom. The number of rotatable bonds is 5. The van der Waals surface area contributed by atoms with Gasteiger partial charge in [-0.2, -0.15) is 0 Å². The molecule has 1 aliphatic carbocycles. The van der Waals surface area contributed by atoms with Crippen LogP contribution in [0.15, 0.2) is 21.0 Å². The quantitative estimate of drug-likeness (QED) is 0.768. The molecule has 2 aromatic heterocycles. The molecule has 138 valence electrons. The zero-order chi connectivity index (χ0) is 18.1. The Hall–Kier alpha value is -0.760. The van der Waals surface area contributed by atoms with E-state index in [0.717, 1.165) is 29.1 Å². The smallest absolute Gasteiger partial charge is 0.241 e. The van der Waals surface area contributed by atoms with E-state index in [4.69, 9.17) is 0 Å². The maximum atomic E-state index is 12.6. The second-order valence-electron chi connectivity index (χ2n) is 7.80. The number of nitrogens with zero attached hydrogens (tertiary/aromatic N) is 1. The minimum Gasteiger partial charge on any atom is -0.241 e. The molecule has 0 radical (unpaired) electrons. The van der Waals surface area contributed by atoms with Gasteiger partial charge >= 0.3 is 0 Å². The van der Waals surface area contributed by atoms with E-state index in [-0.39, 0.29) is 5.41 Å². The monoisotopic (exact) mass is 398 g/mol. The lowest BCUT2D eigenvalue weighted by Gasteiger charge is -2.21. The Bertz CT molecular complexity index is 809. The van der Waals surface area contributed by atoms with E-state index in [1.165, 1.54) is 30.6 Å². The average molecular weight is 399 g/mol. The van der Waals surface area contributed by atoms with Crippen molar-refractivity contribution < 1.29 is 8.42 Å². The van der Waals surface area contributed by atoms with Crippen molar-refractivity contribution in [3.05, 3.63) is 22.5 Å². The first-order valence-electron chi connectivity index (χ1n) is 8.80. The van der Waals surface area contributed by atoms with Crippen molar-refractivity contribution in [3.8, 4) is 10.6 Å². The van der Waals surface area contributed by atoms with Gasteiger partial charge in [0, 0.05) is 28.3 Å². The molecule has 0 amide bonds. The first kappa shape index (κ1) is 19.0. The lowest BCUT2D eigenvalue weighted by molar-refractivity contribution is 0.357. The molecule has 0 spiro atoms. The summed E-state index contributed by atoms with van der Waals surface area (Å²) >= 11 is 2.84. The van der Waals surface area contributed by atoms with Crippen LogP contribution in [0.4, 0.5) is 0 Å². The lowest BCUT2D eigenvalue weighted by Crippen LogP contribution is -2.29. The van der Waals surface area contributed by atoms with Crippen molar-refractivity contribution in [2.24, 2.45) is 5.92 Å². The number of sulfonamides is 1. The number of hydrogen-bond acceptors (Lipinski definition) is 5. The third kappa shape index (κ3) is 4.70. The fourth-order valence-corrected chi connectivity index (χ4v) is 6.44. The molecule has 0 bridgehead atoms. The highest BCUT2D eigenvalue weighted by atomic mass is 32.2. The van der Waals surface area contributed by atoms with Gasteiger partial charge in [-0.25, -0.2) is 18.1 Å². The molecule has 0 aliphatic heterocycles. The number of thiophene rings is 1. The van der Waals surface area contributed by atoms with Gasteiger partial charge in [-0.3, -0.25) is 0 Å². The summed E-state index contributed by atoms with van der Waals surface area (Å²) in [5.74, 6) is 0.483. The van der Waals surface area contributed by atoms with Crippen LogP contribution in [-0.2, 0) is 15.4 Å². The maximum absolute atomic E-state index is 12.6. The topological polar surface area (TPSA) is 59.1 Å². The molecule has 25 heavy (non-hydrogen) atoms. The molecule has 0 atom stereocenters. The van der Waals surface area contributed by atoms with Crippen molar-refractivity contribution >= 4 is 32.7 Å². The van der Waals surface area contributed by atoms with E-state index < -0.39 is 10.0 Å². The molecule has 2 heterocycles. The minimum absolute atomic E-state index is 0.00122. The van der Waals surface area contributed by atoms with Crippen LogP contribution in [0.1, 0.15) is 58.6 Å². The Balaban J connectivity index is 1.70. The van der Waals surface area contributed by atoms with Crippen LogP contribution in [-0.4, -0.2) is 19.9 Å². The summed E-state index contributed by atoms with van der Waals surface area (Å²) in [5.41, 5.74) is 1.93. The van der Waals surface area contributed by atoms with Crippen LogP contribution in [0.3, 0.4) is 0 Å². The van der Waals surface area contributed by atoms with Crippen molar-refractivity contribution in [2.45, 2.75) is 62.5 Å². The standard InChI is InChI=1S/C18H26N2O2S3/c1-18(2,3)15-12-24-17(20-15)14-9-16(23-11-14)25(21,22)19-10-13-7-5-4-6-8-13/h9,11-13,19H,4-8,10H2,1-3H3. The maximum Gasteiger partial charge on any atom is 0.250 e. The Morgan fingerprint density at radius 1 is 1.16 bits per heavy atom. The predicted molar refractivity (Wildman–Crippen MR) is 106 cm³/mol. The molecule has 1 saturated carbocycles. The number of nitrogens with one attached hydrogen (secondary N) is 1. The van der Waals surface area contributed by atoms with E-state index in [1.54, 1.807) is 17.4 Å². The van der Waals surface area contributed by atoms with E-state index in [2.05, 4.69) is 35.9 Å². The predicted octanol–water partition coefficient (Wildman–Crippen LogP) is 5.03. The average Bonchev–Trinajstić information content (AvgIpc) is 3.22. The summed E-state index contributed by atoms with van der Waals surface area (Å²) in [5, 5.41) is 4.83. The molecule has 3 rings (SSSR count). The van der Waals surface area contributed by atoms with E-state index in [1.807, 2.05) is 5.38 Å². The molecule has 2 aromatic rings. The van der Waals surface area contributed by atoms with E-state index >= 15 is 0 Å². The molecule has 0 aromatic carbocycles. The molecule has 4 nitrogen and oxygen atoms in total. The number of aromatic nitrogens is 1. The van der Waals surface area contributed by atoms with Crippen LogP contribution in [0.2, 0.25) is 0 Å². The van der Waals surface area contributed by atoms with Crippen molar-refractivity contribution in [1.29, 1.82) is 0 Å². The summed E-state index contributed by atoms with van der Waals surface area (Å²) in [6, 6.07) is 1.75. The van der Waals surface area contributed by atoms with Gasteiger partial charge in [-0.15, -0.1) is 22.7 Å². The van der Waals surface area contributed by atoms with E-state index in [9.17, 15) is 8.42 Å². The molecular formula is C18H26N2O2S3. The second kappa shape index (κ2) is 7.47. The number of hydrogen-bond donors (Lipinski definition) is 1. The fraction of sp³-hybridized carbons (Fsp3) is 0.611. The van der Waals surface area contributed by atoms with Crippen molar-refractivity contribution in [1.82, 2.24) is 9.71 Å². The van der Waals surface area contributed by atoms with Gasteiger partial charge in [0.25, 0.3) is 0 Å². The Labute approximate surface area is 158 Å².